The van der Waals surface area contributed by atoms with E-state index in [1.54, 1.807) is 0 Å². The van der Waals surface area contributed by atoms with Gasteiger partial charge in [-0.15, -0.1) is 0 Å². The van der Waals surface area contributed by atoms with Gasteiger partial charge in [-0.05, 0) is 45.2 Å². The van der Waals surface area contributed by atoms with Crippen molar-refractivity contribution in [3.63, 3.8) is 0 Å². The molecule has 24 heavy (non-hydrogen) atoms. The third kappa shape index (κ3) is 2.46. The van der Waals surface area contributed by atoms with Gasteiger partial charge in [0, 0.05) is 18.7 Å². The average Bonchev–Trinajstić information content (AvgIpc) is 2.96. The summed E-state index contributed by atoms with van der Waals surface area (Å²) < 4.78 is 0. The van der Waals surface area contributed by atoms with Crippen molar-refractivity contribution < 1.29 is 0 Å². The van der Waals surface area contributed by atoms with Crippen LogP contribution in [0.15, 0.2) is 46.4 Å². The molecule has 4 rings (SSSR count). The van der Waals surface area contributed by atoms with E-state index in [1.165, 1.54) is 30.5 Å². The van der Waals surface area contributed by atoms with E-state index in [2.05, 4.69) is 49.1 Å². The molecule has 0 spiro atoms. The Labute approximate surface area is 142 Å². The normalized spacial score (nSPS) is 22.7. The summed E-state index contributed by atoms with van der Waals surface area (Å²) in [5.74, 6) is 0. The Hall–Kier alpha value is -2.36. The molecule has 2 N–H and O–H groups in total. The molecule has 0 saturated carbocycles. The highest BCUT2D eigenvalue weighted by molar-refractivity contribution is 5.54. The first-order valence-corrected chi connectivity index (χ1v) is 8.77. The highest BCUT2D eigenvalue weighted by Crippen LogP contribution is 2.29. The Balaban J connectivity index is 1.86. The lowest BCUT2D eigenvalue weighted by atomic mass is 10.0. The van der Waals surface area contributed by atoms with Gasteiger partial charge >= 0.3 is 0 Å². The Bertz CT molecular complexity index is 879. The van der Waals surface area contributed by atoms with E-state index in [0.717, 1.165) is 29.4 Å². The lowest BCUT2D eigenvalue weighted by Crippen LogP contribution is -2.37. The maximum Gasteiger partial charge on any atom is 0.174 e. The minimum absolute atomic E-state index is 0.587. The van der Waals surface area contributed by atoms with Gasteiger partial charge in [0.2, 0.25) is 0 Å². The van der Waals surface area contributed by atoms with Crippen molar-refractivity contribution in [1.29, 1.82) is 0 Å². The van der Waals surface area contributed by atoms with Crippen LogP contribution in [0.25, 0.3) is 0 Å². The van der Waals surface area contributed by atoms with Crippen LogP contribution >= 0.6 is 0 Å². The molecule has 0 aliphatic carbocycles. The Morgan fingerprint density at radius 2 is 1.58 bits per heavy atom. The summed E-state index contributed by atoms with van der Waals surface area (Å²) in [6.07, 6.45) is 3.80. The first kappa shape index (κ1) is 15.2. The number of nitrogens with zero attached hydrogens (tertiary/aromatic N) is 3. The van der Waals surface area contributed by atoms with Crippen LogP contribution in [0.1, 0.15) is 37.3 Å². The van der Waals surface area contributed by atoms with Crippen LogP contribution in [0.4, 0.5) is 11.4 Å². The molecule has 2 aromatic carbocycles. The Kier molecular flexibility index (Phi) is 3.56. The second kappa shape index (κ2) is 5.62. The van der Waals surface area contributed by atoms with Gasteiger partial charge in [0.05, 0.1) is 11.4 Å². The number of fused-ring (bicyclic) bond motifs is 1. The zero-order chi connectivity index (χ0) is 16.7. The first-order chi connectivity index (χ1) is 11.6. The van der Waals surface area contributed by atoms with Crippen molar-refractivity contribution in [2.24, 2.45) is 9.98 Å². The fraction of sp³-hybridized carbons (Fsp3) is 0.400. The topological polar surface area (TPSA) is 54.0 Å². The summed E-state index contributed by atoms with van der Waals surface area (Å²) in [6, 6.07) is 12.5. The van der Waals surface area contributed by atoms with Crippen molar-refractivity contribution in [2.45, 2.75) is 38.8 Å². The molecule has 2 aliphatic rings. The SMILES string of the molecule is Cc1ccc(C2(C)N=c3c(N)ccc(N4CCCCC4)c3=N2)cc1. The Morgan fingerprint density at radius 3 is 2.29 bits per heavy atom. The maximum absolute atomic E-state index is 6.22. The molecule has 4 nitrogen and oxygen atoms in total. The van der Waals surface area contributed by atoms with Crippen molar-refractivity contribution in [3.05, 3.63) is 58.2 Å². The largest absolute Gasteiger partial charge is 0.397 e. The highest BCUT2D eigenvalue weighted by atomic mass is 15.2. The van der Waals surface area contributed by atoms with E-state index in [4.69, 9.17) is 15.7 Å². The molecule has 0 aromatic heterocycles. The van der Waals surface area contributed by atoms with Gasteiger partial charge in [0.15, 0.2) is 5.66 Å². The number of anilines is 2. The fourth-order valence-electron chi connectivity index (χ4n) is 3.66. The molecule has 1 saturated heterocycles. The number of benzene rings is 2. The molecule has 0 amide bonds. The third-order valence-corrected chi connectivity index (χ3v) is 5.12. The van der Waals surface area contributed by atoms with Crippen LogP contribution in [0.3, 0.4) is 0 Å². The molecule has 0 bridgehead atoms. The molecule has 2 aliphatic heterocycles. The van der Waals surface area contributed by atoms with Crippen LogP contribution in [0, 0.1) is 6.92 Å². The molecular weight excluding hydrogens is 296 g/mol. The zero-order valence-electron chi connectivity index (χ0n) is 14.4. The van der Waals surface area contributed by atoms with Crippen molar-refractivity contribution in [2.75, 3.05) is 23.7 Å². The molecule has 1 fully saturated rings. The quantitative estimate of drug-likeness (QED) is 0.865. The van der Waals surface area contributed by atoms with Gasteiger partial charge in [-0.25, -0.2) is 9.98 Å². The number of nitrogen functional groups attached to an aromatic ring is 1. The molecule has 4 heteroatoms. The lowest BCUT2D eigenvalue weighted by molar-refractivity contribution is 0.522. The van der Waals surface area contributed by atoms with Gasteiger partial charge in [0.25, 0.3) is 0 Å². The predicted octanol–water partition coefficient (Wildman–Crippen LogP) is 2.69. The van der Waals surface area contributed by atoms with Crippen LogP contribution in [0.2, 0.25) is 0 Å². The number of piperidine rings is 1. The van der Waals surface area contributed by atoms with Gasteiger partial charge in [-0.3, -0.25) is 0 Å². The van der Waals surface area contributed by atoms with E-state index in [-0.39, 0.29) is 0 Å². The molecule has 1 unspecified atom stereocenters. The predicted molar refractivity (Wildman–Crippen MR) is 97.8 cm³/mol. The van der Waals surface area contributed by atoms with Gasteiger partial charge in [-0.1, -0.05) is 29.8 Å². The lowest BCUT2D eigenvalue weighted by Gasteiger charge is -2.28. The maximum atomic E-state index is 6.22. The smallest absolute Gasteiger partial charge is 0.174 e. The summed E-state index contributed by atoms with van der Waals surface area (Å²) in [5.41, 5.74) is 9.87. The Morgan fingerprint density at radius 1 is 0.917 bits per heavy atom. The van der Waals surface area contributed by atoms with E-state index in [1.807, 2.05) is 6.07 Å². The molecular formula is C20H24N4. The van der Waals surface area contributed by atoms with Crippen molar-refractivity contribution >= 4 is 11.4 Å². The second-order valence-corrected chi connectivity index (χ2v) is 7.03. The van der Waals surface area contributed by atoms with Crippen LogP contribution in [-0.4, -0.2) is 13.1 Å². The first-order valence-electron chi connectivity index (χ1n) is 8.77. The van der Waals surface area contributed by atoms with Crippen molar-refractivity contribution in [3.8, 4) is 0 Å². The molecule has 124 valence electrons. The highest BCUT2D eigenvalue weighted by Gasteiger charge is 2.30. The van der Waals surface area contributed by atoms with E-state index in [0.29, 0.717) is 5.69 Å². The molecule has 2 heterocycles. The summed E-state index contributed by atoms with van der Waals surface area (Å²) in [7, 11) is 0. The van der Waals surface area contributed by atoms with Crippen LogP contribution in [0.5, 0.6) is 0 Å². The van der Waals surface area contributed by atoms with Crippen molar-refractivity contribution in [1.82, 2.24) is 0 Å². The number of hydrogen-bond donors (Lipinski definition) is 1. The van der Waals surface area contributed by atoms with Crippen LogP contribution < -0.4 is 21.3 Å². The standard InChI is InChI=1S/C20H24N4/c1-14-6-8-15(9-7-14)20(2)22-18-16(21)10-11-17(19(18)23-20)24-12-4-3-5-13-24/h6-11H,3-5,12-13,21H2,1-2H3. The number of rotatable bonds is 2. The number of hydrogen-bond acceptors (Lipinski definition) is 4. The molecule has 0 radical (unpaired) electrons. The molecule has 1 atom stereocenters. The average molecular weight is 320 g/mol. The van der Waals surface area contributed by atoms with Crippen LogP contribution in [-0.2, 0) is 5.66 Å². The van der Waals surface area contributed by atoms with Gasteiger partial charge < -0.3 is 10.6 Å². The third-order valence-electron chi connectivity index (χ3n) is 5.12. The minimum atomic E-state index is -0.587. The summed E-state index contributed by atoms with van der Waals surface area (Å²) >= 11 is 0. The monoisotopic (exact) mass is 320 g/mol. The van der Waals surface area contributed by atoms with E-state index >= 15 is 0 Å². The van der Waals surface area contributed by atoms with E-state index < -0.39 is 5.66 Å². The number of aryl methyl sites for hydroxylation is 1. The minimum Gasteiger partial charge on any atom is -0.397 e. The van der Waals surface area contributed by atoms with Gasteiger partial charge in [0.1, 0.15) is 10.7 Å². The zero-order valence-corrected chi connectivity index (χ0v) is 14.4. The van der Waals surface area contributed by atoms with E-state index in [9.17, 15) is 0 Å². The fourth-order valence-corrected chi connectivity index (χ4v) is 3.66. The van der Waals surface area contributed by atoms with Gasteiger partial charge in [-0.2, -0.15) is 0 Å². The molecule has 2 aromatic rings. The summed E-state index contributed by atoms with van der Waals surface area (Å²) in [4.78, 5) is 12.4. The summed E-state index contributed by atoms with van der Waals surface area (Å²) in [5, 5.41) is 1.81. The number of nitrogens with two attached hydrogens (primary N) is 1. The second-order valence-electron chi connectivity index (χ2n) is 7.03. The summed E-state index contributed by atoms with van der Waals surface area (Å²) in [6.45, 7) is 6.34.